The Balaban J connectivity index is 1.61. The molecule has 1 aromatic carbocycles. The molecule has 0 bridgehead atoms. The second-order valence-electron chi connectivity index (χ2n) is 8.19. The minimum absolute atomic E-state index is 0.00243. The molecule has 1 aliphatic heterocycles. The highest BCUT2D eigenvalue weighted by atomic mass is 16.5. The van der Waals surface area contributed by atoms with Crippen LogP contribution in [-0.2, 0) is 27.3 Å². The van der Waals surface area contributed by atoms with Gasteiger partial charge in [0.05, 0.1) is 12.7 Å². The van der Waals surface area contributed by atoms with Crippen LogP contribution >= 0.6 is 0 Å². The number of carbonyl (C=O) groups is 2. The van der Waals surface area contributed by atoms with Gasteiger partial charge in [0.1, 0.15) is 23.7 Å². The number of ether oxygens (including phenoxy) is 3. The van der Waals surface area contributed by atoms with Crippen molar-refractivity contribution in [2.45, 2.75) is 64.6 Å². The number of hydrogen-bond acceptors (Lipinski definition) is 6. The van der Waals surface area contributed by atoms with Crippen molar-refractivity contribution in [1.82, 2.24) is 5.32 Å². The van der Waals surface area contributed by atoms with E-state index in [0.29, 0.717) is 42.7 Å². The molecule has 0 spiro atoms. The Morgan fingerprint density at radius 1 is 1.30 bits per heavy atom. The number of allylic oxidation sites excluding steroid dienone is 2. The molecule has 1 fully saturated rings. The van der Waals surface area contributed by atoms with Crippen molar-refractivity contribution in [3.8, 4) is 11.5 Å². The van der Waals surface area contributed by atoms with Crippen LogP contribution in [0.15, 0.2) is 11.6 Å². The van der Waals surface area contributed by atoms with Crippen LogP contribution in [0.4, 0.5) is 0 Å². The van der Waals surface area contributed by atoms with Crippen LogP contribution < -0.4 is 10.1 Å². The van der Waals surface area contributed by atoms with Gasteiger partial charge in [-0.1, -0.05) is 11.6 Å². The highest BCUT2D eigenvalue weighted by Crippen LogP contribution is 2.42. The number of aromatic hydroxyl groups is 1. The first kappa shape index (κ1) is 22.2. The Labute approximate surface area is 177 Å². The summed E-state index contributed by atoms with van der Waals surface area (Å²) in [6.45, 7) is 4.52. The van der Waals surface area contributed by atoms with Gasteiger partial charge >= 0.3 is 5.97 Å². The number of benzene rings is 1. The third-order valence-electron chi connectivity index (χ3n) is 6.35. The SMILES string of the molecule is COc1c(C)c2c(c(O)c1C/C=C(/C)CCC(=O)NCC1(OC)CCC1)C(=O)OC2. The van der Waals surface area contributed by atoms with E-state index in [-0.39, 0.29) is 29.4 Å². The van der Waals surface area contributed by atoms with Gasteiger partial charge in [0.2, 0.25) is 5.91 Å². The molecule has 1 saturated carbocycles. The van der Waals surface area contributed by atoms with Gasteiger partial charge in [0.15, 0.2) is 0 Å². The van der Waals surface area contributed by atoms with Crippen molar-refractivity contribution >= 4 is 11.9 Å². The van der Waals surface area contributed by atoms with Crippen LogP contribution in [0, 0.1) is 6.92 Å². The van der Waals surface area contributed by atoms with Gasteiger partial charge < -0.3 is 24.6 Å². The normalized spacial score (nSPS) is 17.2. The lowest BCUT2D eigenvalue weighted by atomic mass is 9.80. The Morgan fingerprint density at radius 2 is 2.03 bits per heavy atom. The molecule has 1 amide bonds. The van der Waals surface area contributed by atoms with E-state index in [1.54, 1.807) is 14.2 Å². The van der Waals surface area contributed by atoms with E-state index in [4.69, 9.17) is 14.2 Å². The fraction of sp³-hybridized carbons (Fsp3) is 0.565. The fourth-order valence-electron chi connectivity index (χ4n) is 4.09. The summed E-state index contributed by atoms with van der Waals surface area (Å²) in [4.78, 5) is 24.2. The van der Waals surface area contributed by atoms with Gasteiger partial charge in [-0.25, -0.2) is 4.79 Å². The van der Waals surface area contributed by atoms with E-state index in [9.17, 15) is 14.7 Å². The van der Waals surface area contributed by atoms with E-state index in [0.717, 1.165) is 30.4 Å². The van der Waals surface area contributed by atoms with Crippen molar-refractivity contribution in [2.75, 3.05) is 20.8 Å². The maximum atomic E-state index is 12.2. The number of phenols is 1. The van der Waals surface area contributed by atoms with Gasteiger partial charge in [0.25, 0.3) is 0 Å². The van der Waals surface area contributed by atoms with Crippen LogP contribution in [0.2, 0.25) is 0 Å². The fourth-order valence-corrected chi connectivity index (χ4v) is 4.09. The molecular formula is C23H31NO6. The highest BCUT2D eigenvalue weighted by Gasteiger charge is 2.37. The minimum atomic E-state index is -0.507. The standard InChI is InChI=1S/C23H31NO6/c1-14(7-9-18(25)24-13-23(29-4)10-5-11-23)6-8-16-20(26)19-17(12-30-22(19)27)15(2)21(16)28-3/h6,26H,5,7-13H2,1-4H3,(H,24,25)/b14-6-. The van der Waals surface area contributed by atoms with E-state index >= 15 is 0 Å². The van der Waals surface area contributed by atoms with Crippen molar-refractivity contribution < 1.29 is 28.9 Å². The average Bonchev–Trinajstić information content (AvgIpc) is 3.09. The summed E-state index contributed by atoms with van der Waals surface area (Å²) >= 11 is 0. The smallest absolute Gasteiger partial charge is 0.342 e. The van der Waals surface area contributed by atoms with E-state index in [1.807, 2.05) is 19.9 Å². The average molecular weight is 418 g/mol. The third kappa shape index (κ3) is 4.31. The molecule has 1 heterocycles. The Bertz CT molecular complexity index is 864. The number of hydrogen-bond donors (Lipinski definition) is 2. The van der Waals surface area contributed by atoms with Gasteiger partial charge in [-0.15, -0.1) is 0 Å². The summed E-state index contributed by atoms with van der Waals surface area (Å²) in [5.74, 6) is -0.0198. The van der Waals surface area contributed by atoms with Gasteiger partial charge in [0, 0.05) is 31.2 Å². The zero-order valence-corrected chi connectivity index (χ0v) is 18.2. The predicted molar refractivity (Wildman–Crippen MR) is 112 cm³/mol. The van der Waals surface area contributed by atoms with Crippen molar-refractivity contribution in [1.29, 1.82) is 0 Å². The monoisotopic (exact) mass is 417 g/mol. The van der Waals surface area contributed by atoms with Crippen LogP contribution in [0.3, 0.4) is 0 Å². The lowest BCUT2D eigenvalue weighted by Crippen LogP contribution is -2.49. The lowest BCUT2D eigenvalue weighted by molar-refractivity contribution is -0.124. The Kier molecular flexibility index (Phi) is 6.71. The molecule has 0 unspecified atom stereocenters. The summed E-state index contributed by atoms with van der Waals surface area (Å²) in [6, 6.07) is 0. The first-order valence-corrected chi connectivity index (χ1v) is 10.4. The quantitative estimate of drug-likeness (QED) is 0.473. The number of amides is 1. The molecule has 0 radical (unpaired) electrons. The number of nitrogens with one attached hydrogen (secondary N) is 1. The summed E-state index contributed by atoms with van der Waals surface area (Å²) in [5, 5.41) is 13.6. The molecule has 1 aliphatic carbocycles. The van der Waals surface area contributed by atoms with Crippen molar-refractivity contribution in [2.24, 2.45) is 0 Å². The molecule has 0 atom stereocenters. The minimum Gasteiger partial charge on any atom is -0.507 e. The van der Waals surface area contributed by atoms with Crippen molar-refractivity contribution in [3.63, 3.8) is 0 Å². The van der Waals surface area contributed by atoms with Gasteiger partial charge in [-0.05, 0) is 51.5 Å². The zero-order chi connectivity index (χ0) is 21.9. The van der Waals surface area contributed by atoms with E-state index in [1.165, 1.54) is 0 Å². The van der Waals surface area contributed by atoms with Crippen LogP contribution in [-0.4, -0.2) is 43.3 Å². The summed E-state index contributed by atoms with van der Waals surface area (Å²) in [5.41, 5.74) is 3.12. The lowest BCUT2D eigenvalue weighted by Gasteiger charge is -2.40. The number of methoxy groups -OCH3 is 2. The number of phenolic OH excluding ortho intramolecular Hbond substituents is 1. The second kappa shape index (κ2) is 9.08. The van der Waals surface area contributed by atoms with Crippen LogP contribution in [0.25, 0.3) is 0 Å². The second-order valence-corrected chi connectivity index (χ2v) is 8.19. The maximum Gasteiger partial charge on any atom is 0.342 e. The molecule has 2 aliphatic rings. The van der Waals surface area contributed by atoms with E-state index in [2.05, 4.69) is 5.32 Å². The molecule has 7 nitrogen and oxygen atoms in total. The van der Waals surface area contributed by atoms with Crippen LogP contribution in [0.5, 0.6) is 11.5 Å². The first-order chi connectivity index (χ1) is 14.3. The molecular weight excluding hydrogens is 386 g/mol. The summed E-state index contributed by atoms with van der Waals surface area (Å²) < 4.78 is 16.1. The number of carbonyl (C=O) groups excluding carboxylic acids is 2. The molecule has 30 heavy (non-hydrogen) atoms. The highest BCUT2D eigenvalue weighted by molar-refractivity contribution is 5.98. The molecule has 1 aromatic rings. The number of rotatable bonds is 9. The van der Waals surface area contributed by atoms with Crippen molar-refractivity contribution in [3.05, 3.63) is 33.9 Å². The summed E-state index contributed by atoms with van der Waals surface area (Å²) in [7, 11) is 3.24. The molecule has 164 valence electrons. The zero-order valence-electron chi connectivity index (χ0n) is 18.2. The molecule has 2 N–H and O–H groups in total. The van der Waals surface area contributed by atoms with Gasteiger partial charge in [-0.2, -0.15) is 0 Å². The Morgan fingerprint density at radius 3 is 2.63 bits per heavy atom. The first-order valence-electron chi connectivity index (χ1n) is 10.4. The molecule has 3 rings (SSSR count). The number of cyclic esters (lactones) is 1. The molecule has 0 saturated heterocycles. The van der Waals surface area contributed by atoms with Crippen LogP contribution in [0.1, 0.15) is 66.1 Å². The number of esters is 1. The van der Waals surface area contributed by atoms with Gasteiger partial charge in [-0.3, -0.25) is 4.79 Å². The topological polar surface area (TPSA) is 94.1 Å². The maximum absolute atomic E-state index is 12.2. The molecule has 7 heteroatoms. The Hall–Kier alpha value is -2.54. The number of fused-ring (bicyclic) bond motifs is 1. The molecule has 0 aromatic heterocycles. The largest absolute Gasteiger partial charge is 0.507 e. The predicted octanol–water partition coefficient (Wildman–Crippen LogP) is 3.33. The van der Waals surface area contributed by atoms with E-state index < -0.39 is 5.97 Å². The summed E-state index contributed by atoms with van der Waals surface area (Å²) in [6.07, 6.45) is 6.48. The third-order valence-corrected chi connectivity index (χ3v) is 6.35.